The van der Waals surface area contributed by atoms with Gasteiger partial charge in [-0.1, -0.05) is 46.7 Å². The van der Waals surface area contributed by atoms with Crippen molar-refractivity contribution in [2.75, 3.05) is 13.7 Å². The third kappa shape index (κ3) is 7.92. The van der Waals surface area contributed by atoms with Gasteiger partial charge in [0.2, 0.25) is 0 Å². The molecule has 9 heteroatoms. The van der Waals surface area contributed by atoms with Crippen LogP contribution in [0.25, 0.3) is 5.57 Å². The lowest BCUT2D eigenvalue weighted by Gasteiger charge is -2.11. The zero-order valence-corrected chi connectivity index (χ0v) is 21.4. The molecule has 198 valence electrons. The van der Waals surface area contributed by atoms with Crippen LogP contribution in [0.2, 0.25) is 0 Å². The van der Waals surface area contributed by atoms with Crippen LogP contribution in [0.3, 0.4) is 0 Å². The largest absolute Gasteiger partial charge is 0.503 e. The predicted molar refractivity (Wildman–Crippen MR) is 142 cm³/mol. The average molecular weight is 521 g/mol. The molecule has 0 saturated carbocycles. The van der Waals surface area contributed by atoms with Crippen LogP contribution in [-0.2, 0) is 32.4 Å². The van der Waals surface area contributed by atoms with E-state index in [4.69, 9.17) is 19.1 Å². The molecule has 3 aromatic carbocycles. The number of carboxylic acid groups (broad SMARTS) is 1. The van der Waals surface area contributed by atoms with E-state index in [1.165, 1.54) is 25.5 Å². The van der Waals surface area contributed by atoms with E-state index in [-0.39, 0.29) is 18.0 Å². The first-order valence-corrected chi connectivity index (χ1v) is 11.8. The second-order valence-corrected chi connectivity index (χ2v) is 7.98. The zero-order valence-electron chi connectivity index (χ0n) is 21.4. The van der Waals surface area contributed by atoms with Crippen LogP contribution in [0.1, 0.15) is 36.1 Å². The van der Waals surface area contributed by atoms with Crippen LogP contribution >= 0.6 is 0 Å². The second-order valence-electron chi connectivity index (χ2n) is 7.98. The van der Waals surface area contributed by atoms with E-state index >= 15 is 0 Å². The van der Waals surface area contributed by atoms with Crippen LogP contribution < -0.4 is 4.74 Å². The lowest BCUT2D eigenvalue weighted by atomic mass is 10.0. The normalized spacial score (nSPS) is 12.2. The van der Waals surface area contributed by atoms with Crippen LogP contribution in [-0.4, -0.2) is 36.2 Å². The van der Waals surface area contributed by atoms with Crippen molar-refractivity contribution in [1.82, 2.24) is 0 Å². The summed E-state index contributed by atoms with van der Waals surface area (Å²) >= 11 is 0. The number of rotatable bonds is 13. The highest BCUT2D eigenvalue weighted by atomic mass is 19.1. The number of halogens is 1. The molecule has 0 aliphatic heterocycles. The van der Waals surface area contributed by atoms with E-state index < -0.39 is 5.97 Å². The summed E-state index contributed by atoms with van der Waals surface area (Å²) in [5.74, 6) is -0.776. The summed E-state index contributed by atoms with van der Waals surface area (Å²) in [7, 11) is 1.39. The summed E-state index contributed by atoms with van der Waals surface area (Å²) in [6, 6.07) is 20.3. The van der Waals surface area contributed by atoms with Crippen LogP contribution in [0.4, 0.5) is 4.39 Å². The Balaban J connectivity index is 1.72. The number of methoxy groups -OCH3 is 1. The molecule has 3 rings (SSSR count). The Bertz CT molecular complexity index is 1300. The third-order valence-electron chi connectivity index (χ3n) is 5.27. The zero-order chi connectivity index (χ0) is 27.3. The highest BCUT2D eigenvalue weighted by Gasteiger charge is 2.16. The van der Waals surface area contributed by atoms with Gasteiger partial charge in [0.15, 0.2) is 0 Å². The molecule has 0 bridgehead atoms. The van der Waals surface area contributed by atoms with Gasteiger partial charge in [-0.3, -0.25) is 0 Å². The molecule has 0 atom stereocenters. The molecule has 0 aliphatic rings. The fraction of sp³-hybridized carbons (Fsp3) is 0.207. The number of ether oxygens (including phenoxy) is 2. The number of oxime groups is 2. The van der Waals surface area contributed by atoms with Crippen LogP contribution in [0.15, 0.2) is 89.4 Å². The lowest BCUT2D eigenvalue weighted by molar-refractivity contribution is -0.130. The monoisotopic (exact) mass is 520 g/mol. The molecule has 0 unspecified atom stereocenters. The first-order valence-electron chi connectivity index (χ1n) is 11.8. The fourth-order valence-corrected chi connectivity index (χ4v) is 3.41. The summed E-state index contributed by atoms with van der Waals surface area (Å²) in [4.78, 5) is 22.5. The Labute approximate surface area is 220 Å². The average Bonchev–Trinajstić information content (AvgIpc) is 2.92. The molecule has 8 nitrogen and oxygen atoms in total. The van der Waals surface area contributed by atoms with Gasteiger partial charge in [0.05, 0.1) is 13.4 Å². The standard InChI is InChI=1S/C29H29FN2O6/c1-4-37-32-28(22-11-15-25(16-12-22)36-17-21-9-13-24(30)14-10-21)20(2)31-38-18-23-7-5-6-8-26(23)27(19-35-3)29(33)34/h5-16,19H,4,17-18H2,1-3H3,(H,33,34)/b27-19-,31-20+,32-28+. The molecule has 0 heterocycles. The summed E-state index contributed by atoms with van der Waals surface area (Å²) < 4.78 is 23.8. The van der Waals surface area contributed by atoms with Gasteiger partial charge in [-0.2, -0.15) is 0 Å². The van der Waals surface area contributed by atoms with Gasteiger partial charge in [-0.25, -0.2) is 9.18 Å². The Kier molecular flexibility index (Phi) is 10.4. The summed E-state index contributed by atoms with van der Waals surface area (Å²) in [5.41, 5.74) is 3.61. The summed E-state index contributed by atoms with van der Waals surface area (Å²) in [6.07, 6.45) is 1.18. The van der Waals surface area contributed by atoms with Gasteiger partial charge < -0.3 is 24.3 Å². The van der Waals surface area contributed by atoms with E-state index in [1.807, 2.05) is 19.1 Å². The van der Waals surface area contributed by atoms with Crippen molar-refractivity contribution in [3.63, 3.8) is 0 Å². The third-order valence-corrected chi connectivity index (χ3v) is 5.27. The molecule has 1 N–H and O–H groups in total. The van der Waals surface area contributed by atoms with Crippen molar-refractivity contribution in [3.8, 4) is 5.75 Å². The van der Waals surface area contributed by atoms with Gasteiger partial charge in [0, 0.05) is 11.1 Å². The van der Waals surface area contributed by atoms with Crippen molar-refractivity contribution < 1.29 is 33.4 Å². The van der Waals surface area contributed by atoms with Gasteiger partial charge in [-0.05, 0) is 61.4 Å². The fourth-order valence-electron chi connectivity index (χ4n) is 3.41. The van der Waals surface area contributed by atoms with E-state index in [0.29, 0.717) is 41.5 Å². The molecular formula is C29H29FN2O6. The van der Waals surface area contributed by atoms with E-state index in [2.05, 4.69) is 10.3 Å². The van der Waals surface area contributed by atoms with E-state index in [9.17, 15) is 14.3 Å². The minimum absolute atomic E-state index is 0.00716. The molecule has 0 saturated heterocycles. The molecule has 38 heavy (non-hydrogen) atoms. The van der Waals surface area contributed by atoms with Gasteiger partial charge in [0.25, 0.3) is 0 Å². The van der Waals surface area contributed by atoms with Crippen LogP contribution in [0, 0.1) is 5.82 Å². The summed E-state index contributed by atoms with van der Waals surface area (Å²) in [6.45, 7) is 4.25. The van der Waals surface area contributed by atoms with E-state index in [0.717, 1.165) is 11.1 Å². The summed E-state index contributed by atoms with van der Waals surface area (Å²) in [5, 5.41) is 17.9. The Morgan fingerprint density at radius 2 is 1.66 bits per heavy atom. The minimum atomic E-state index is -1.12. The topological polar surface area (TPSA) is 98.9 Å². The Hall–Kier alpha value is -4.66. The minimum Gasteiger partial charge on any atom is -0.503 e. The van der Waals surface area contributed by atoms with Crippen molar-refractivity contribution in [2.24, 2.45) is 10.3 Å². The molecule has 0 radical (unpaired) electrons. The highest BCUT2D eigenvalue weighted by molar-refractivity contribution is 6.47. The number of carbonyl (C=O) groups is 1. The molecule has 0 spiro atoms. The highest BCUT2D eigenvalue weighted by Crippen LogP contribution is 2.21. The van der Waals surface area contributed by atoms with Crippen molar-refractivity contribution in [2.45, 2.75) is 27.1 Å². The number of carboxylic acids is 1. The maximum Gasteiger partial charge on any atom is 0.339 e. The van der Waals surface area contributed by atoms with E-state index in [1.54, 1.807) is 55.5 Å². The Morgan fingerprint density at radius 3 is 2.32 bits per heavy atom. The number of hydrogen-bond acceptors (Lipinski definition) is 7. The molecule has 0 amide bonds. The number of aliphatic carboxylic acids is 1. The van der Waals surface area contributed by atoms with Gasteiger partial charge in [-0.15, -0.1) is 0 Å². The predicted octanol–water partition coefficient (Wildman–Crippen LogP) is 5.81. The van der Waals surface area contributed by atoms with Crippen LogP contribution in [0.5, 0.6) is 5.75 Å². The van der Waals surface area contributed by atoms with Crippen molar-refractivity contribution >= 4 is 23.0 Å². The quantitative estimate of drug-likeness (QED) is 0.132. The maximum absolute atomic E-state index is 13.1. The second kappa shape index (κ2) is 14.2. The number of hydrogen-bond donors (Lipinski definition) is 1. The number of benzene rings is 3. The lowest BCUT2D eigenvalue weighted by Crippen LogP contribution is -2.14. The molecule has 0 fully saturated rings. The smallest absolute Gasteiger partial charge is 0.339 e. The van der Waals surface area contributed by atoms with Crippen molar-refractivity contribution in [3.05, 3.63) is 107 Å². The Morgan fingerprint density at radius 1 is 0.947 bits per heavy atom. The maximum atomic E-state index is 13.1. The molecule has 0 aliphatic carbocycles. The van der Waals surface area contributed by atoms with Gasteiger partial charge >= 0.3 is 5.97 Å². The molecule has 3 aromatic rings. The molecular weight excluding hydrogens is 491 g/mol. The molecule has 0 aromatic heterocycles. The SMILES string of the molecule is CCO/N=C(\C(C)=N\OCc1ccccc1/C(=C/OC)C(=O)O)c1ccc(OCc2ccc(F)cc2)cc1. The van der Waals surface area contributed by atoms with Gasteiger partial charge in [0.1, 0.15) is 48.4 Å². The number of nitrogens with zero attached hydrogens (tertiary/aromatic N) is 2. The van der Waals surface area contributed by atoms with Crippen molar-refractivity contribution in [1.29, 1.82) is 0 Å². The first-order chi connectivity index (χ1) is 18.4. The first kappa shape index (κ1) is 27.9.